The van der Waals surface area contributed by atoms with Crippen LogP contribution < -0.4 is 52.8 Å². The van der Waals surface area contributed by atoms with Gasteiger partial charge in [-0.2, -0.15) is 0 Å². The Morgan fingerprint density at radius 3 is 1.47 bits per heavy atom. The van der Waals surface area contributed by atoms with E-state index < -0.39 is 8.07 Å². The van der Waals surface area contributed by atoms with Crippen LogP contribution in [0.5, 0.6) is 0 Å². The van der Waals surface area contributed by atoms with Gasteiger partial charge < -0.3 is 37.2 Å². The summed E-state index contributed by atoms with van der Waals surface area (Å²) in [5.74, 6) is 0. The van der Waals surface area contributed by atoms with Crippen LogP contribution in [0, 0.1) is 20.8 Å². The molecule has 0 saturated carbocycles. The Morgan fingerprint density at radius 2 is 1.05 bits per heavy atom. The van der Waals surface area contributed by atoms with Gasteiger partial charge in [-0.3, -0.25) is 0 Å². The Balaban J connectivity index is 0.00000169. The Hall–Kier alpha value is -1.84. The Labute approximate surface area is 259 Å². The van der Waals surface area contributed by atoms with Crippen molar-refractivity contribution in [3.8, 4) is 0 Å². The SMILES string of the molecule is Cc1cccc([Si](C2=[C]([Ti+3])CC=C2Cc2ccccc2)(c2cccc(C)c2)c2cccc(C)c2)c1.[Cl-].[Cl-].[Cl-]. The molecular formula is C33H31Cl3SiTi. The number of rotatable bonds is 6. The molecule has 192 valence electrons. The third kappa shape index (κ3) is 6.31. The van der Waals surface area contributed by atoms with Crippen LogP contribution in [-0.2, 0) is 26.9 Å². The molecular weight excluding hydrogens is 579 g/mol. The first-order valence-electron chi connectivity index (χ1n) is 12.4. The minimum atomic E-state index is -2.55. The summed E-state index contributed by atoms with van der Waals surface area (Å²) in [7, 11) is -2.55. The molecule has 0 fully saturated rings. The van der Waals surface area contributed by atoms with Crippen molar-refractivity contribution in [1.29, 1.82) is 0 Å². The first-order chi connectivity index (χ1) is 17.0. The fourth-order valence-electron chi connectivity index (χ4n) is 5.63. The predicted molar refractivity (Wildman–Crippen MR) is 148 cm³/mol. The molecule has 38 heavy (non-hydrogen) atoms. The quantitative estimate of drug-likeness (QED) is 0.162. The third-order valence-corrected chi connectivity index (χ3v) is 13.1. The molecule has 4 aromatic rings. The molecule has 0 heterocycles. The fraction of sp³-hybridized carbons (Fsp3) is 0.152. The van der Waals surface area contributed by atoms with Crippen LogP contribution in [0.15, 0.2) is 124 Å². The van der Waals surface area contributed by atoms with Gasteiger partial charge in [0.25, 0.3) is 0 Å². The molecule has 0 aliphatic heterocycles. The summed E-state index contributed by atoms with van der Waals surface area (Å²) >= 11 is 2.37. The van der Waals surface area contributed by atoms with E-state index in [2.05, 4.69) is 150 Å². The summed E-state index contributed by atoms with van der Waals surface area (Å²) in [5, 5.41) is 6.03. The van der Waals surface area contributed by atoms with Gasteiger partial charge in [-0.05, 0) is 0 Å². The first kappa shape index (κ1) is 32.4. The molecule has 4 aromatic carbocycles. The van der Waals surface area contributed by atoms with Crippen molar-refractivity contribution in [3.05, 3.63) is 146 Å². The van der Waals surface area contributed by atoms with Crippen LogP contribution in [-0.4, -0.2) is 8.07 Å². The second kappa shape index (κ2) is 14.0. The average molecular weight is 610 g/mol. The summed E-state index contributed by atoms with van der Waals surface area (Å²) < 4.78 is 1.52. The van der Waals surface area contributed by atoms with E-state index in [4.69, 9.17) is 0 Å². The van der Waals surface area contributed by atoms with Crippen LogP contribution in [0.4, 0.5) is 0 Å². The maximum Gasteiger partial charge on any atom is -1.00 e. The molecule has 0 spiro atoms. The van der Waals surface area contributed by atoms with E-state index >= 15 is 0 Å². The van der Waals surface area contributed by atoms with E-state index in [-0.39, 0.29) is 37.2 Å². The van der Waals surface area contributed by atoms with E-state index in [9.17, 15) is 0 Å². The molecule has 0 unspecified atom stereocenters. The van der Waals surface area contributed by atoms with E-state index in [0.29, 0.717) is 0 Å². The number of aryl methyl sites for hydroxylation is 3. The van der Waals surface area contributed by atoms with Crippen molar-refractivity contribution >= 4 is 23.6 Å². The van der Waals surface area contributed by atoms with Crippen molar-refractivity contribution in [2.45, 2.75) is 33.6 Å². The summed E-state index contributed by atoms with van der Waals surface area (Å²) in [6, 6.07) is 38.9. The van der Waals surface area contributed by atoms with E-state index in [1.54, 1.807) is 5.20 Å². The molecule has 0 radical (unpaired) electrons. The van der Waals surface area contributed by atoms with E-state index in [1.165, 1.54) is 47.3 Å². The van der Waals surface area contributed by atoms with Crippen LogP contribution >= 0.6 is 0 Å². The largest absolute Gasteiger partial charge is 1.00 e. The normalized spacial score (nSPS) is 12.7. The molecule has 5 heteroatoms. The second-order valence-electron chi connectivity index (χ2n) is 9.81. The summed E-state index contributed by atoms with van der Waals surface area (Å²) in [6.45, 7) is 6.68. The van der Waals surface area contributed by atoms with Gasteiger partial charge in [0.15, 0.2) is 0 Å². The number of benzene rings is 4. The number of hydrogen-bond acceptors (Lipinski definition) is 0. The molecule has 1 aliphatic rings. The van der Waals surface area contributed by atoms with Crippen molar-refractivity contribution < 1.29 is 57.7 Å². The van der Waals surface area contributed by atoms with E-state index in [1.807, 2.05) is 0 Å². The van der Waals surface area contributed by atoms with Crippen LogP contribution in [0.25, 0.3) is 0 Å². The van der Waals surface area contributed by atoms with Gasteiger partial charge in [0.2, 0.25) is 0 Å². The molecule has 1 aliphatic carbocycles. The maximum atomic E-state index is 2.50. The molecule has 0 atom stereocenters. The fourth-order valence-corrected chi connectivity index (χ4v) is 12.4. The molecule has 0 aromatic heterocycles. The van der Waals surface area contributed by atoms with Gasteiger partial charge in [0.1, 0.15) is 0 Å². The van der Waals surface area contributed by atoms with Gasteiger partial charge in [-0.1, -0.05) is 0 Å². The van der Waals surface area contributed by atoms with Crippen molar-refractivity contribution in [2.24, 2.45) is 0 Å². The zero-order valence-corrected chi connectivity index (χ0v) is 26.8. The molecule has 0 bridgehead atoms. The molecule has 0 amide bonds. The van der Waals surface area contributed by atoms with Crippen molar-refractivity contribution in [2.75, 3.05) is 0 Å². The molecule has 5 rings (SSSR count). The monoisotopic (exact) mass is 608 g/mol. The summed E-state index contributed by atoms with van der Waals surface area (Å²) in [6.07, 6.45) is 4.52. The summed E-state index contributed by atoms with van der Waals surface area (Å²) in [4.78, 5) is 0. The van der Waals surface area contributed by atoms with Crippen LogP contribution in [0.2, 0.25) is 0 Å². The average Bonchev–Trinajstić information content (AvgIpc) is 3.21. The Morgan fingerprint density at radius 1 is 0.605 bits per heavy atom. The minimum Gasteiger partial charge on any atom is -1.00 e. The topological polar surface area (TPSA) is 0 Å². The zero-order valence-electron chi connectivity index (χ0n) is 21.9. The molecule has 0 N–H and O–H groups in total. The molecule has 0 saturated heterocycles. The van der Waals surface area contributed by atoms with Crippen molar-refractivity contribution in [1.82, 2.24) is 0 Å². The standard InChI is InChI=1S/C33H31Si.3ClH.Ti/c1-25-11-7-17-30(21-25)34(31-18-8-12-26(2)22-31,32-19-9-13-27(3)23-32)33-20-10-16-29(33)24-28-14-5-4-6-15-28;;;;/h4-9,11-19,21-23H,10,24H2,1-3H3;3*1H;/q;;;;+3/p-3. The number of hydrogen-bond donors (Lipinski definition) is 0. The van der Waals surface area contributed by atoms with Gasteiger partial charge in [-0.25, -0.2) is 0 Å². The minimum absolute atomic E-state index is 0. The van der Waals surface area contributed by atoms with Crippen LogP contribution in [0.3, 0.4) is 0 Å². The van der Waals surface area contributed by atoms with E-state index in [0.717, 1.165) is 12.8 Å². The van der Waals surface area contributed by atoms with Gasteiger partial charge in [-0.15, -0.1) is 0 Å². The maximum absolute atomic E-state index is 2.55. The van der Waals surface area contributed by atoms with Crippen molar-refractivity contribution in [3.63, 3.8) is 0 Å². The third-order valence-electron chi connectivity index (χ3n) is 7.14. The Bertz CT molecular complexity index is 1330. The van der Waals surface area contributed by atoms with Gasteiger partial charge >= 0.3 is 224 Å². The predicted octanol–water partition coefficient (Wildman–Crippen LogP) is -2.99. The van der Waals surface area contributed by atoms with Gasteiger partial charge in [0, 0.05) is 0 Å². The van der Waals surface area contributed by atoms with Gasteiger partial charge in [0.05, 0.1) is 0 Å². The molecule has 0 nitrogen and oxygen atoms in total. The van der Waals surface area contributed by atoms with Crippen LogP contribution in [0.1, 0.15) is 28.7 Å². The zero-order chi connectivity index (χ0) is 24.4. The first-order valence-corrected chi connectivity index (χ1v) is 15.2. The summed E-state index contributed by atoms with van der Waals surface area (Å²) in [5.41, 5.74) is 6.86. The number of allylic oxidation sites excluding steroid dienone is 4. The Kier molecular flexibility index (Phi) is 11.9. The number of halogens is 3. The smallest absolute Gasteiger partial charge is 1.00 e. The second-order valence-corrected chi connectivity index (χ2v) is 14.5.